The summed E-state index contributed by atoms with van der Waals surface area (Å²) in [7, 11) is 0. The quantitative estimate of drug-likeness (QED) is 0.620. The van der Waals surface area contributed by atoms with Gasteiger partial charge >= 0.3 is 0 Å². The first kappa shape index (κ1) is 16.3. The normalized spacial score (nSPS) is 20.5. The molecule has 27 heavy (non-hydrogen) atoms. The Morgan fingerprint density at radius 2 is 1.81 bits per heavy atom. The van der Waals surface area contributed by atoms with Crippen LogP contribution >= 0.6 is 11.6 Å². The Hall–Kier alpha value is -2.92. The minimum atomic E-state index is -0.357. The molecule has 0 bridgehead atoms. The molecular formula is C21H15ClFN3O. The topological polar surface area (TPSA) is 37.7 Å². The summed E-state index contributed by atoms with van der Waals surface area (Å²) in [6.07, 6.45) is 3.83. The SMILES string of the molecule is Fc1ccc(C2=NN3[C@H](C2)c2cc(Cl)ccc2O[C@H]3c2ccncc2)cc1. The molecule has 0 radical (unpaired) electrons. The molecule has 5 rings (SSSR count). The monoisotopic (exact) mass is 379 g/mol. The minimum absolute atomic E-state index is 0.00525. The molecule has 0 fully saturated rings. The first-order valence-electron chi connectivity index (χ1n) is 8.67. The van der Waals surface area contributed by atoms with Crippen LogP contribution in [0, 0.1) is 5.82 Å². The summed E-state index contributed by atoms with van der Waals surface area (Å²) in [5.41, 5.74) is 3.78. The number of hydrogen-bond donors (Lipinski definition) is 0. The van der Waals surface area contributed by atoms with Crippen molar-refractivity contribution >= 4 is 17.3 Å². The fraction of sp³-hybridized carbons (Fsp3) is 0.143. The lowest BCUT2D eigenvalue weighted by Crippen LogP contribution is -2.33. The maximum absolute atomic E-state index is 13.3. The highest BCUT2D eigenvalue weighted by Gasteiger charge is 2.41. The average Bonchev–Trinajstić information content (AvgIpc) is 3.14. The first-order chi connectivity index (χ1) is 13.2. The molecule has 3 aromatic rings. The lowest BCUT2D eigenvalue weighted by Gasteiger charge is -2.38. The molecule has 2 aliphatic heterocycles. The van der Waals surface area contributed by atoms with Gasteiger partial charge in [-0.3, -0.25) is 4.98 Å². The standard InChI is InChI=1S/C21H15ClFN3O/c22-15-3-6-20-17(11-15)19-12-18(13-1-4-16(23)5-2-13)25-26(19)21(27-20)14-7-9-24-10-8-14/h1-11,19,21H,12H2/t19-,21+/m1/s1. The summed E-state index contributed by atoms with van der Waals surface area (Å²) in [6.45, 7) is 0. The van der Waals surface area contributed by atoms with E-state index in [1.807, 2.05) is 35.3 Å². The van der Waals surface area contributed by atoms with E-state index in [1.165, 1.54) is 12.1 Å². The Balaban J connectivity index is 1.60. The number of fused-ring (bicyclic) bond motifs is 3. The molecule has 0 spiro atoms. The maximum Gasteiger partial charge on any atom is 0.213 e. The predicted molar refractivity (Wildman–Crippen MR) is 101 cm³/mol. The molecule has 0 unspecified atom stereocenters. The largest absolute Gasteiger partial charge is 0.464 e. The molecule has 0 saturated carbocycles. The van der Waals surface area contributed by atoms with Gasteiger partial charge in [0.2, 0.25) is 6.23 Å². The average molecular weight is 380 g/mol. The van der Waals surface area contributed by atoms with Gasteiger partial charge in [0, 0.05) is 35.0 Å². The number of halogens is 2. The van der Waals surface area contributed by atoms with Gasteiger partial charge in [-0.1, -0.05) is 23.7 Å². The van der Waals surface area contributed by atoms with Crippen LogP contribution in [-0.2, 0) is 0 Å². The Kier molecular flexibility index (Phi) is 3.83. The van der Waals surface area contributed by atoms with Crippen molar-refractivity contribution in [3.8, 4) is 5.75 Å². The molecule has 2 aromatic carbocycles. The van der Waals surface area contributed by atoms with Crippen LogP contribution in [0.1, 0.15) is 35.4 Å². The molecule has 0 N–H and O–H groups in total. The zero-order valence-electron chi connectivity index (χ0n) is 14.2. The minimum Gasteiger partial charge on any atom is -0.464 e. The summed E-state index contributed by atoms with van der Waals surface area (Å²) in [5.74, 6) is 0.545. The molecule has 2 aliphatic rings. The van der Waals surface area contributed by atoms with Crippen LogP contribution in [0.2, 0.25) is 5.02 Å². The second-order valence-corrected chi connectivity index (χ2v) is 7.02. The molecule has 2 atom stereocenters. The number of nitrogens with zero attached hydrogens (tertiary/aromatic N) is 3. The van der Waals surface area contributed by atoms with Crippen molar-refractivity contribution in [1.29, 1.82) is 0 Å². The molecule has 4 nitrogen and oxygen atoms in total. The predicted octanol–water partition coefficient (Wildman–Crippen LogP) is 5.12. The van der Waals surface area contributed by atoms with Gasteiger partial charge in [-0.15, -0.1) is 0 Å². The van der Waals surface area contributed by atoms with E-state index in [-0.39, 0.29) is 18.1 Å². The van der Waals surface area contributed by atoms with Crippen molar-refractivity contribution in [3.05, 3.63) is 94.5 Å². The zero-order valence-corrected chi connectivity index (χ0v) is 15.0. The summed E-state index contributed by atoms with van der Waals surface area (Å²) in [4.78, 5) is 4.09. The van der Waals surface area contributed by atoms with Crippen molar-refractivity contribution in [1.82, 2.24) is 9.99 Å². The lowest BCUT2D eigenvalue weighted by molar-refractivity contribution is -0.0190. The molecule has 0 aliphatic carbocycles. The van der Waals surface area contributed by atoms with Crippen LogP contribution in [0.4, 0.5) is 4.39 Å². The smallest absolute Gasteiger partial charge is 0.213 e. The molecule has 0 saturated heterocycles. The Morgan fingerprint density at radius 1 is 1.04 bits per heavy atom. The van der Waals surface area contributed by atoms with E-state index in [0.29, 0.717) is 11.4 Å². The summed E-state index contributed by atoms with van der Waals surface area (Å²) in [5, 5.41) is 7.46. The van der Waals surface area contributed by atoms with Crippen LogP contribution in [0.3, 0.4) is 0 Å². The Bertz CT molecular complexity index is 1020. The summed E-state index contributed by atoms with van der Waals surface area (Å²) in [6, 6.07) is 15.9. The lowest BCUT2D eigenvalue weighted by atomic mass is 9.96. The van der Waals surface area contributed by atoms with E-state index < -0.39 is 0 Å². The molecule has 3 heterocycles. The van der Waals surface area contributed by atoms with Crippen molar-refractivity contribution in [3.63, 3.8) is 0 Å². The molecule has 0 amide bonds. The number of hydrogen-bond acceptors (Lipinski definition) is 4. The van der Waals surface area contributed by atoms with Gasteiger partial charge < -0.3 is 4.74 Å². The van der Waals surface area contributed by atoms with E-state index in [4.69, 9.17) is 21.4 Å². The Morgan fingerprint density at radius 3 is 2.59 bits per heavy atom. The van der Waals surface area contributed by atoms with E-state index in [0.717, 1.165) is 28.2 Å². The van der Waals surface area contributed by atoms with Gasteiger partial charge in [0.1, 0.15) is 11.6 Å². The zero-order chi connectivity index (χ0) is 18.4. The number of hydrazone groups is 1. The van der Waals surface area contributed by atoms with Gasteiger partial charge in [-0.25, -0.2) is 9.40 Å². The van der Waals surface area contributed by atoms with Crippen LogP contribution in [0.5, 0.6) is 5.75 Å². The van der Waals surface area contributed by atoms with Gasteiger partial charge in [-0.2, -0.15) is 5.10 Å². The van der Waals surface area contributed by atoms with E-state index in [9.17, 15) is 4.39 Å². The number of aromatic nitrogens is 1. The fourth-order valence-corrected chi connectivity index (χ4v) is 3.80. The van der Waals surface area contributed by atoms with Crippen LogP contribution in [-0.4, -0.2) is 15.7 Å². The third-order valence-electron chi connectivity index (χ3n) is 4.92. The van der Waals surface area contributed by atoms with Gasteiger partial charge in [-0.05, 0) is 48.0 Å². The number of rotatable bonds is 2. The molecule has 1 aromatic heterocycles. The van der Waals surface area contributed by atoms with Crippen molar-refractivity contribution in [2.24, 2.45) is 5.10 Å². The van der Waals surface area contributed by atoms with Crippen molar-refractivity contribution in [2.75, 3.05) is 0 Å². The number of benzene rings is 2. The molecular weight excluding hydrogens is 365 g/mol. The summed E-state index contributed by atoms with van der Waals surface area (Å²) < 4.78 is 19.6. The Labute approximate surface area is 160 Å². The maximum atomic E-state index is 13.3. The van der Waals surface area contributed by atoms with Crippen LogP contribution in [0.25, 0.3) is 0 Å². The van der Waals surface area contributed by atoms with E-state index >= 15 is 0 Å². The van der Waals surface area contributed by atoms with Gasteiger partial charge in [0.15, 0.2) is 0 Å². The first-order valence-corrected chi connectivity index (χ1v) is 9.04. The second kappa shape index (κ2) is 6.35. The van der Waals surface area contributed by atoms with E-state index in [2.05, 4.69) is 4.98 Å². The summed E-state index contributed by atoms with van der Waals surface area (Å²) >= 11 is 6.23. The number of ether oxygens (including phenoxy) is 1. The van der Waals surface area contributed by atoms with Gasteiger partial charge in [0.25, 0.3) is 0 Å². The highest BCUT2D eigenvalue weighted by atomic mass is 35.5. The molecule has 134 valence electrons. The fourth-order valence-electron chi connectivity index (χ4n) is 3.62. The van der Waals surface area contributed by atoms with Crippen molar-refractivity contribution < 1.29 is 9.13 Å². The van der Waals surface area contributed by atoms with Crippen LogP contribution < -0.4 is 4.74 Å². The van der Waals surface area contributed by atoms with Crippen molar-refractivity contribution in [2.45, 2.75) is 18.7 Å². The van der Waals surface area contributed by atoms with Gasteiger partial charge in [0.05, 0.1) is 11.8 Å². The third-order valence-corrected chi connectivity index (χ3v) is 5.16. The third kappa shape index (κ3) is 2.84. The molecule has 6 heteroatoms. The second-order valence-electron chi connectivity index (χ2n) is 6.59. The number of pyridine rings is 1. The highest BCUT2D eigenvalue weighted by Crippen LogP contribution is 2.48. The highest BCUT2D eigenvalue weighted by molar-refractivity contribution is 6.30. The van der Waals surface area contributed by atoms with Crippen LogP contribution in [0.15, 0.2) is 72.1 Å². The van der Waals surface area contributed by atoms with E-state index in [1.54, 1.807) is 24.5 Å².